The lowest BCUT2D eigenvalue weighted by molar-refractivity contribution is 0.289. The first-order valence-corrected chi connectivity index (χ1v) is 8.75. The molecule has 1 aromatic rings. The Morgan fingerprint density at radius 3 is 2.62 bits per heavy atom. The number of benzene rings is 1. The minimum Gasteiger partial charge on any atom is -0.493 e. The largest absolute Gasteiger partial charge is 0.493 e. The van der Waals surface area contributed by atoms with Gasteiger partial charge in [0.05, 0.1) is 13.7 Å². The molecule has 3 nitrogen and oxygen atoms in total. The van der Waals surface area contributed by atoms with Crippen molar-refractivity contribution in [2.24, 2.45) is 0 Å². The first kappa shape index (κ1) is 18.2. The van der Waals surface area contributed by atoms with Gasteiger partial charge in [0.15, 0.2) is 11.5 Å². The molecular weight excluding hydrogens is 282 g/mol. The van der Waals surface area contributed by atoms with E-state index in [0.717, 1.165) is 48.1 Å². The molecule has 0 amide bonds. The van der Waals surface area contributed by atoms with Crippen LogP contribution in [-0.2, 0) is 6.54 Å². The summed E-state index contributed by atoms with van der Waals surface area (Å²) in [4.78, 5) is 0. The Kier molecular flexibility index (Phi) is 7.97. The zero-order valence-electron chi connectivity index (χ0n) is 14.0. The Morgan fingerprint density at radius 2 is 2.00 bits per heavy atom. The molecule has 21 heavy (non-hydrogen) atoms. The third-order valence-electron chi connectivity index (χ3n) is 2.97. The van der Waals surface area contributed by atoms with Crippen LogP contribution in [0.15, 0.2) is 18.2 Å². The quantitative estimate of drug-likeness (QED) is 0.695. The van der Waals surface area contributed by atoms with Gasteiger partial charge < -0.3 is 14.8 Å². The zero-order valence-corrected chi connectivity index (χ0v) is 14.8. The number of para-hydroxylation sites is 1. The smallest absolute Gasteiger partial charge is 0.165 e. The van der Waals surface area contributed by atoms with Gasteiger partial charge in [0, 0.05) is 17.6 Å². The van der Waals surface area contributed by atoms with Gasteiger partial charge in [-0.25, -0.2) is 0 Å². The molecule has 1 aromatic carbocycles. The van der Waals surface area contributed by atoms with E-state index in [4.69, 9.17) is 9.47 Å². The molecule has 0 atom stereocenters. The molecule has 1 N–H and O–H groups in total. The molecule has 0 bridgehead atoms. The van der Waals surface area contributed by atoms with Crippen LogP contribution in [0.4, 0.5) is 0 Å². The number of methoxy groups -OCH3 is 1. The van der Waals surface area contributed by atoms with Crippen LogP contribution < -0.4 is 14.8 Å². The van der Waals surface area contributed by atoms with Crippen molar-refractivity contribution >= 4 is 11.8 Å². The van der Waals surface area contributed by atoms with Gasteiger partial charge in [0.1, 0.15) is 0 Å². The van der Waals surface area contributed by atoms with E-state index in [1.54, 1.807) is 7.11 Å². The average molecular weight is 311 g/mol. The highest BCUT2D eigenvalue weighted by Gasteiger charge is 2.14. The van der Waals surface area contributed by atoms with Gasteiger partial charge >= 0.3 is 0 Å². The topological polar surface area (TPSA) is 30.5 Å². The molecule has 0 aliphatic rings. The third kappa shape index (κ3) is 7.09. The molecule has 0 aliphatic heterocycles. The predicted molar refractivity (Wildman–Crippen MR) is 92.7 cm³/mol. The zero-order chi connectivity index (χ0) is 15.7. The van der Waals surface area contributed by atoms with Crippen LogP contribution in [-0.4, -0.2) is 30.8 Å². The summed E-state index contributed by atoms with van der Waals surface area (Å²) in [5.74, 6) is 3.99. The van der Waals surface area contributed by atoms with Crippen LogP contribution in [0.25, 0.3) is 0 Å². The molecule has 0 aromatic heterocycles. The molecule has 0 saturated heterocycles. The van der Waals surface area contributed by atoms with Gasteiger partial charge in [-0.3, -0.25) is 0 Å². The summed E-state index contributed by atoms with van der Waals surface area (Å²) in [6.45, 7) is 10.2. The Labute approximate surface area is 133 Å². The first-order chi connectivity index (χ1) is 9.98. The van der Waals surface area contributed by atoms with Crippen molar-refractivity contribution in [3.63, 3.8) is 0 Å². The number of hydrogen-bond donors (Lipinski definition) is 1. The van der Waals surface area contributed by atoms with Crippen molar-refractivity contribution in [2.75, 3.05) is 25.2 Å². The molecule has 0 aliphatic carbocycles. The van der Waals surface area contributed by atoms with Crippen LogP contribution in [0.5, 0.6) is 11.5 Å². The van der Waals surface area contributed by atoms with Gasteiger partial charge in [-0.2, -0.15) is 11.8 Å². The number of thioether (sulfide) groups is 1. The average Bonchev–Trinajstić information content (AvgIpc) is 2.44. The Morgan fingerprint density at radius 1 is 1.24 bits per heavy atom. The van der Waals surface area contributed by atoms with E-state index in [2.05, 4.69) is 39.1 Å². The van der Waals surface area contributed by atoms with Gasteiger partial charge in [0.25, 0.3) is 0 Å². The van der Waals surface area contributed by atoms with Gasteiger partial charge in [-0.05, 0) is 44.8 Å². The molecule has 120 valence electrons. The molecule has 0 spiro atoms. The molecule has 4 heteroatoms. The van der Waals surface area contributed by atoms with Gasteiger partial charge in [-0.15, -0.1) is 0 Å². The first-order valence-electron chi connectivity index (χ1n) is 7.59. The summed E-state index contributed by atoms with van der Waals surface area (Å²) in [6.07, 6.45) is 1.06. The molecule has 0 saturated carbocycles. The number of hydrogen-bond acceptors (Lipinski definition) is 4. The highest BCUT2D eigenvalue weighted by molar-refractivity contribution is 7.99. The fraction of sp³-hybridized carbons (Fsp3) is 0.647. The van der Waals surface area contributed by atoms with Gasteiger partial charge in [-0.1, -0.05) is 19.1 Å². The van der Waals surface area contributed by atoms with Gasteiger partial charge in [0.2, 0.25) is 0 Å². The van der Waals surface area contributed by atoms with Crippen LogP contribution in [0.3, 0.4) is 0 Å². The summed E-state index contributed by atoms with van der Waals surface area (Å²) in [5.41, 5.74) is 1.23. The second kappa shape index (κ2) is 9.21. The Balaban J connectivity index is 2.68. The SMILES string of the molecule is CCSCCCOc1c(CNC(C)(C)C)cccc1OC. The fourth-order valence-corrected chi connectivity index (χ4v) is 2.48. The summed E-state index contributed by atoms with van der Waals surface area (Å²) in [6, 6.07) is 6.06. The van der Waals surface area contributed by atoms with Crippen molar-refractivity contribution in [2.45, 2.75) is 46.2 Å². The van der Waals surface area contributed by atoms with Crippen molar-refractivity contribution in [1.29, 1.82) is 0 Å². The third-order valence-corrected chi connectivity index (χ3v) is 3.96. The fourth-order valence-electron chi connectivity index (χ4n) is 1.86. The predicted octanol–water partition coefficient (Wildman–Crippen LogP) is 4.11. The molecule has 0 heterocycles. The van der Waals surface area contributed by atoms with E-state index in [0.29, 0.717) is 0 Å². The van der Waals surface area contributed by atoms with Crippen molar-refractivity contribution in [3.8, 4) is 11.5 Å². The number of nitrogens with one attached hydrogen (secondary N) is 1. The molecule has 0 unspecified atom stereocenters. The minimum absolute atomic E-state index is 0.0815. The van der Waals surface area contributed by atoms with E-state index in [1.165, 1.54) is 0 Å². The van der Waals surface area contributed by atoms with Crippen molar-refractivity contribution in [1.82, 2.24) is 5.32 Å². The van der Waals surface area contributed by atoms with Crippen molar-refractivity contribution in [3.05, 3.63) is 23.8 Å². The summed E-state index contributed by atoms with van der Waals surface area (Å²) in [5, 5.41) is 3.50. The van der Waals surface area contributed by atoms with Crippen LogP contribution >= 0.6 is 11.8 Å². The second-order valence-corrected chi connectivity index (χ2v) is 7.34. The van der Waals surface area contributed by atoms with E-state index in [1.807, 2.05) is 23.9 Å². The lowest BCUT2D eigenvalue weighted by Gasteiger charge is -2.22. The Bertz CT molecular complexity index is 416. The minimum atomic E-state index is 0.0815. The lowest BCUT2D eigenvalue weighted by atomic mass is 10.1. The Hall–Kier alpha value is -0.870. The van der Waals surface area contributed by atoms with E-state index in [-0.39, 0.29) is 5.54 Å². The second-order valence-electron chi connectivity index (χ2n) is 5.95. The summed E-state index contributed by atoms with van der Waals surface area (Å²) < 4.78 is 11.4. The standard InChI is InChI=1S/C17H29NO2S/c1-6-21-12-8-11-20-16-14(13-18-17(2,3)4)9-7-10-15(16)19-5/h7,9-10,18H,6,8,11-13H2,1-5H3. The van der Waals surface area contributed by atoms with E-state index < -0.39 is 0 Å². The molecule has 1 rings (SSSR count). The normalized spacial score (nSPS) is 11.5. The van der Waals surface area contributed by atoms with E-state index >= 15 is 0 Å². The maximum Gasteiger partial charge on any atom is 0.165 e. The molecule has 0 fully saturated rings. The number of ether oxygens (including phenoxy) is 2. The van der Waals surface area contributed by atoms with Crippen molar-refractivity contribution < 1.29 is 9.47 Å². The highest BCUT2D eigenvalue weighted by Crippen LogP contribution is 2.31. The summed E-state index contributed by atoms with van der Waals surface area (Å²) >= 11 is 1.95. The maximum atomic E-state index is 5.99. The maximum absolute atomic E-state index is 5.99. The molecule has 0 radical (unpaired) electrons. The summed E-state index contributed by atoms with van der Waals surface area (Å²) in [7, 11) is 1.69. The monoisotopic (exact) mass is 311 g/mol. The lowest BCUT2D eigenvalue weighted by Crippen LogP contribution is -2.35. The highest BCUT2D eigenvalue weighted by atomic mass is 32.2. The van der Waals surface area contributed by atoms with Crippen LogP contribution in [0.1, 0.15) is 39.7 Å². The van der Waals surface area contributed by atoms with Crippen LogP contribution in [0, 0.1) is 0 Å². The van der Waals surface area contributed by atoms with E-state index in [9.17, 15) is 0 Å². The number of rotatable bonds is 9. The van der Waals surface area contributed by atoms with Crippen LogP contribution in [0.2, 0.25) is 0 Å². The molecular formula is C17H29NO2S.